The first-order valence-corrected chi connectivity index (χ1v) is 9.00. The Bertz CT molecular complexity index is 996. The number of carboxylic acid groups (broad SMARTS) is 1. The van der Waals surface area contributed by atoms with Crippen molar-refractivity contribution in [2.45, 2.75) is 11.4 Å². The third-order valence-corrected chi connectivity index (χ3v) is 4.06. The molecule has 0 spiro atoms. The summed E-state index contributed by atoms with van der Waals surface area (Å²) in [6.07, 6.45) is 0. The summed E-state index contributed by atoms with van der Waals surface area (Å²) in [7, 11) is 0. The number of hydrogen-bond donors (Lipinski definition) is 3. The van der Waals surface area contributed by atoms with Crippen LogP contribution in [0.25, 0.3) is 11.1 Å². The largest absolute Gasteiger partial charge is 0.481 e. The van der Waals surface area contributed by atoms with Crippen molar-refractivity contribution in [2.24, 2.45) is 5.73 Å². The third kappa shape index (κ3) is 6.96. The predicted molar refractivity (Wildman–Crippen MR) is 111 cm³/mol. The summed E-state index contributed by atoms with van der Waals surface area (Å²) in [5.41, 5.74) is 8.56. The average Bonchev–Trinajstić information content (AvgIpc) is 2.74. The molecule has 7 heteroatoms. The Kier molecular flexibility index (Phi) is 8.22. The second-order valence-corrected chi connectivity index (χ2v) is 6.40. The van der Waals surface area contributed by atoms with Crippen LogP contribution in [-0.4, -0.2) is 17.7 Å². The Morgan fingerprint density at radius 1 is 1.14 bits per heavy atom. The molecular formula is C22H19FN2O3S. The number of aliphatic carboxylic acids is 1. The van der Waals surface area contributed by atoms with E-state index in [9.17, 15) is 9.18 Å². The molecule has 0 saturated heterocycles. The maximum atomic E-state index is 12.1. The quantitative estimate of drug-likeness (QED) is 0.546. The van der Waals surface area contributed by atoms with E-state index in [1.807, 2.05) is 12.1 Å². The number of halogens is 1. The molecule has 148 valence electrons. The lowest BCUT2D eigenvalue weighted by Crippen LogP contribution is -2.10. The lowest BCUT2D eigenvalue weighted by atomic mass is 10.00. The Balaban J connectivity index is 0.000000313. The van der Waals surface area contributed by atoms with Crippen LogP contribution in [0.15, 0.2) is 71.6 Å². The second kappa shape index (κ2) is 10.9. The van der Waals surface area contributed by atoms with Gasteiger partial charge >= 0.3 is 5.97 Å². The Morgan fingerprint density at radius 3 is 2.45 bits per heavy atom. The van der Waals surface area contributed by atoms with Crippen LogP contribution < -0.4 is 10.5 Å². The minimum atomic E-state index is -1.05. The molecule has 3 rings (SSSR count). The number of carboxylic acids is 1. The van der Waals surface area contributed by atoms with E-state index in [0.717, 1.165) is 21.6 Å². The van der Waals surface area contributed by atoms with Gasteiger partial charge in [-0.05, 0) is 59.7 Å². The maximum absolute atomic E-state index is 12.1. The molecular weight excluding hydrogens is 391 g/mol. The van der Waals surface area contributed by atoms with Crippen LogP contribution in [0.5, 0.6) is 5.75 Å². The molecule has 29 heavy (non-hydrogen) atoms. The predicted octanol–water partition coefficient (Wildman–Crippen LogP) is 4.26. The van der Waals surface area contributed by atoms with Crippen molar-refractivity contribution in [3.8, 4) is 22.9 Å². The summed E-state index contributed by atoms with van der Waals surface area (Å²) in [6.45, 7) is -0.0585. The average molecular weight is 410 g/mol. The highest BCUT2D eigenvalue weighted by Crippen LogP contribution is 2.31. The number of rotatable bonds is 5. The zero-order chi connectivity index (χ0) is 21.2. The van der Waals surface area contributed by atoms with Gasteiger partial charge in [-0.1, -0.05) is 18.2 Å². The number of carbonyl (C=O) groups is 1. The zero-order valence-electron chi connectivity index (χ0n) is 15.4. The fraction of sp³-hybridized carbons (Fsp3) is 0.0909. The highest BCUT2D eigenvalue weighted by Gasteiger charge is 2.10. The summed E-state index contributed by atoms with van der Waals surface area (Å²) in [5, 5.41) is 17.7. The van der Waals surface area contributed by atoms with Crippen LogP contribution in [0.4, 0.5) is 4.39 Å². The minimum absolute atomic E-state index is 0.220. The van der Waals surface area contributed by atoms with Crippen LogP contribution >= 0.6 is 12.6 Å². The van der Waals surface area contributed by atoms with Crippen molar-refractivity contribution in [1.82, 2.24) is 0 Å². The van der Waals surface area contributed by atoms with Crippen LogP contribution in [0.2, 0.25) is 0 Å². The monoisotopic (exact) mass is 410 g/mol. The summed E-state index contributed by atoms with van der Waals surface area (Å²) in [4.78, 5) is 11.4. The van der Waals surface area contributed by atoms with E-state index in [1.54, 1.807) is 42.5 Å². The molecule has 0 aromatic heterocycles. The highest BCUT2D eigenvalue weighted by molar-refractivity contribution is 7.80. The fourth-order valence-corrected chi connectivity index (χ4v) is 2.54. The Hall–Kier alpha value is -3.34. The van der Waals surface area contributed by atoms with Crippen LogP contribution in [0.3, 0.4) is 0 Å². The van der Waals surface area contributed by atoms with Crippen molar-refractivity contribution in [3.05, 3.63) is 83.7 Å². The van der Waals surface area contributed by atoms with Gasteiger partial charge in [-0.15, -0.1) is 12.6 Å². The van der Waals surface area contributed by atoms with Gasteiger partial charge in [-0.25, -0.2) is 9.18 Å². The molecule has 0 heterocycles. The molecule has 3 N–H and O–H groups in total. The number of nitrogens with zero attached hydrogens (tertiary/aromatic N) is 1. The van der Waals surface area contributed by atoms with E-state index < -0.39 is 12.6 Å². The third-order valence-electron chi connectivity index (χ3n) is 3.76. The molecule has 0 aliphatic heterocycles. The molecule has 0 aliphatic rings. The van der Waals surface area contributed by atoms with Gasteiger partial charge in [0.1, 0.15) is 11.6 Å². The topological polar surface area (TPSA) is 96.3 Å². The van der Waals surface area contributed by atoms with Crippen molar-refractivity contribution in [3.63, 3.8) is 0 Å². The van der Waals surface area contributed by atoms with Gasteiger partial charge in [-0.2, -0.15) is 5.26 Å². The highest BCUT2D eigenvalue weighted by atomic mass is 32.1. The van der Waals surface area contributed by atoms with E-state index >= 15 is 0 Å². The lowest BCUT2D eigenvalue weighted by Gasteiger charge is -2.12. The first kappa shape index (κ1) is 22.0. The number of nitriles is 1. The minimum Gasteiger partial charge on any atom is -0.481 e. The molecule has 0 aliphatic carbocycles. The molecule has 3 aromatic rings. The summed E-state index contributed by atoms with van der Waals surface area (Å²) in [6, 6.07) is 20.4. The molecule has 0 saturated carbocycles. The first-order chi connectivity index (χ1) is 13.9. The second-order valence-electron chi connectivity index (χ2n) is 5.89. The van der Waals surface area contributed by atoms with E-state index in [-0.39, 0.29) is 5.82 Å². The summed E-state index contributed by atoms with van der Waals surface area (Å²) in [5.74, 6) is -0.817. The fourth-order valence-electron chi connectivity index (χ4n) is 2.39. The van der Waals surface area contributed by atoms with Gasteiger partial charge < -0.3 is 15.6 Å². The molecule has 0 fully saturated rings. The molecule has 0 radical (unpaired) electrons. The number of hydrogen-bond acceptors (Lipinski definition) is 5. The Labute approximate surface area is 173 Å². The van der Waals surface area contributed by atoms with E-state index in [4.69, 9.17) is 20.8 Å². The molecule has 0 amide bonds. The number of nitrogens with two attached hydrogens (primary N) is 1. The SMILES string of the molecule is Fc1ccc(S)cc1.N#Cc1cccc(-c2cc(CN)ccc2OCC(=O)O)c1. The lowest BCUT2D eigenvalue weighted by molar-refractivity contribution is -0.139. The standard InChI is InChI=1S/C16H14N2O3.C6H5FS/c17-8-11-2-1-3-13(6-11)14-7-12(9-18)4-5-15(14)21-10-16(19)20;7-5-1-3-6(8)4-2-5/h1-7H,9-10,18H2,(H,19,20);1-4,8H. The summed E-state index contributed by atoms with van der Waals surface area (Å²) < 4.78 is 17.4. The van der Waals surface area contributed by atoms with Crippen LogP contribution in [0, 0.1) is 17.1 Å². The number of thiol groups is 1. The number of benzene rings is 3. The maximum Gasteiger partial charge on any atom is 0.341 e. The van der Waals surface area contributed by atoms with E-state index in [2.05, 4.69) is 18.7 Å². The van der Waals surface area contributed by atoms with Gasteiger partial charge in [0.05, 0.1) is 11.6 Å². The van der Waals surface area contributed by atoms with Crippen molar-refractivity contribution >= 4 is 18.6 Å². The molecule has 3 aromatic carbocycles. The van der Waals surface area contributed by atoms with E-state index in [1.165, 1.54) is 12.1 Å². The normalized spacial score (nSPS) is 9.72. The Morgan fingerprint density at radius 2 is 1.86 bits per heavy atom. The molecule has 0 atom stereocenters. The molecule has 0 bridgehead atoms. The van der Waals surface area contributed by atoms with Gasteiger partial charge in [-0.3, -0.25) is 0 Å². The van der Waals surface area contributed by atoms with Crippen molar-refractivity contribution < 1.29 is 19.0 Å². The number of ether oxygens (including phenoxy) is 1. The zero-order valence-corrected chi connectivity index (χ0v) is 16.3. The van der Waals surface area contributed by atoms with Gasteiger partial charge in [0.25, 0.3) is 0 Å². The van der Waals surface area contributed by atoms with Crippen molar-refractivity contribution in [1.29, 1.82) is 5.26 Å². The van der Waals surface area contributed by atoms with E-state index in [0.29, 0.717) is 17.9 Å². The van der Waals surface area contributed by atoms with Gasteiger partial charge in [0.2, 0.25) is 0 Å². The molecule has 5 nitrogen and oxygen atoms in total. The van der Waals surface area contributed by atoms with Crippen molar-refractivity contribution in [2.75, 3.05) is 6.61 Å². The smallest absolute Gasteiger partial charge is 0.341 e. The van der Waals surface area contributed by atoms with Gasteiger partial charge in [0, 0.05) is 17.0 Å². The van der Waals surface area contributed by atoms with Crippen LogP contribution in [0.1, 0.15) is 11.1 Å². The first-order valence-electron chi connectivity index (χ1n) is 8.55. The van der Waals surface area contributed by atoms with Crippen LogP contribution in [-0.2, 0) is 11.3 Å². The summed E-state index contributed by atoms with van der Waals surface area (Å²) >= 11 is 3.97. The van der Waals surface area contributed by atoms with Gasteiger partial charge in [0.15, 0.2) is 6.61 Å². The molecule has 0 unspecified atom stereocenters.